The van der Waals surface area contributed by atoms with E-state index in [-0.39, 0.29) is 11.9 Å². The maximum absolute atomic E-state index is 11.5. The van der Waals surface area contributed by atoms with Crippen molar-refractivity contribution in [2.24, 2.45) is 5.73 Å². The van der Waals surface area contributed by atoms with Crippen molar-refractivity contribution in [1.29, 1.82) is 0 Å². The molecule has 5 nitrogen and oxygen atoms in total. The van der Waals surface area contributed by atoms with Gasteiger partial charge in [0.25, 0.3) is 0 Å². The van der Waals surface area contributed by atoms with Gasteiger partial charge in [0.1, 0.15) is 0 Å². The highest BCUT2D eigenvalue weighted by atomic mass is 16.2. The fourth-order valence-electron chi connectivity index (χ4n) is 2.10. The minimum Gasteiger partial charge on any atom is -0.351 e. The van der Waals surface area contributed by atoms with E-state index >= 15 is 0 Å². The molecule has 0 aromatic carbocycles. The van der Waals surface area contributed by atoms with Crippen molar-refractivity contribution in [2.75, 3.05) is 19.6 Å². The summed E-state index contributed by atoms with van der Waals surface area (Å²) in [4.78, 5) is 17.9. The quantitative estimate of drug-likeness (QED) is 0.752. The van der Waals surface area contributed by atoms with Gasteiger partial charge in [-0.2, -0.15) is 0 Å². The summed E-state index contributed by atoms with van der Waals surface area (Å²) in [5.41, 5.74) is 6.51. The Balaban J connectivity index is 1.94. The number of pyridine rings is 1. The molecule has 1 aromatic rings. The van der Waals surface area contributed by atoms with Crippen LogP contribution in [0.3, 0.4) is 0 Å². The minimum absolute atomic E-state index is 0.0747. The van der Waals surface area contributed by atoms with Crippen LogP contribution in [0, 0.1) is 0 Å². The predicted octanol–water partition coefficient (Wildman–Crippen LogP) is -0.269. The Morgan fingerprint density at radius 1 is 1.53 bits per heavy atom. The molecule has 3 N–H and O–H groups in total. The highest BCUT2D eigenvalue weighted by Gasteiger charge is 2.23. The molecule has 1 saturated heterocycles. The molecule has 17 heavy (non-hydrogen) atoms. The van der Waals surface area contributed by atoms with Gasteiger partial charge in [0, 0.05) is 25.3 Å². The van der Waals surface area contributed by atoms with Crippen molar-refractivity contribution in [2.45, 2.75) is 19.0 Å². The number of carbonyl (C=O) groups is 1. The van der Waals surface area contributed by atoms with Gasteiger partial charge in [-0.25, -0.2) is 0 Å². The van der Waals surface area contributed by atoms with Crippen LogP contribution in [0.1, 0.15) is 12.1 Å². The summed E-state index contributed by atoms with van der Waals surface area (Å²) in [5, 5.41) is 2.95. The maximum atomic E-state index is 11.5. The zero-order valence-electron chi connectivity index (χ0n) is 9.80. The Hall–Kier alpha value is -1.46. The number of rotatable bonds is 4. The predicted molar refractivity (Wildman–Crippen MR) is 65.1 cm³/mol. The molecule has 0 bridgehead atoms. The number of hydrogen-bond acceptors (Lipinski definition) is 4. The number of nitrogens with zero attached hydrogens (tertiary/aromatic N) is 2. The Morgan fingerprint density at radius 2 is 2.41 bits per heavy atom. The van der Waals surface area contributed by atoms with Gasteiger partial charge in [-0.1, -0.05) is 6.07 Å². The second-order valence-corrected chi connectivity index (χ2v) is 4.33. The monoisotopic (exact) mass is 234 g/mol. The van der Waals surface area contributed by atoms with Gasteiger partial charge in [0.15, 0.2) is 0 Å². The molecule has 1 atom stereocenters. The van der Waals surface area contributed by atoms with Crippen LogP contribution in [0.4, 0.5) is 0 Å². The van der Waals surface area contributed by atoms with Crippen molar-refractivity contribution in [3.05, 3.63) is 30.1 Å². The lowest BCUT2D eigenvalue weighted by atomic mass is 10.1. The number of hydrogen-bond donors (Lipinski definition) is 2. The molecule has 1 aliphatic heterocycles. The first kappa shape index (κ1) is 12.0. The minimum atomic E-state index is 0.0747. The lowest BCUT2D eigenvalue weighted by Crippen LogP contribution is -2.54. The van der Waals surface area contributed by atoms with Crippen LogP contribution in [-0.4, -0.2) is 41.5 Å². The molecule has 92 valence electrons. The van der Waals surface area contributed by atoms with Crippen LogP contribution in [0.15, 0.2) is 24.4 Å². The number of nitrogens with one attached hydrogen (secondary N) is 1. The maximum Gasteiger partial charge on any atom is 0.234 e. The summed E-state index contributed by atoms with van der Waals surface area (Å²) in [7, 11) is 0. The van der Waals surface area contributed by atoms with Gasteiger partial charge in [0.05, 0.1) is 12.2 Å². The van der Waals surface area contributed by atoms with Crippen LogP contribution >= 0.6 is 0 Å². The lowest BCUT2D eigenvalue weighted by Gasteiger charge is -2.32. The Kier molecular flexibility index (Phi) is 4.06. The average Bonchev–Trinajstić information content (AvgIpc) is 2.30. The summed E-state index contributed by atoms with van der Waals surface area (Å²) in [6.45, 7) is 2.61. The molecule has 1 unspecified atom stereocenters. The molecule has 0 saturated carbocycles. The summed E-state index contributed by atoms with van der Waals surface area (Å²) in [6, 6.07) is 6.00. The number of piperazine rings is 1. The third kappa shape index (κ3) is 3.51. The van der Waals surface area contributed by atoms with Crippen molar-refractivity contribution < 1.29 is 4.79 Å². The van der Waals surface area contributed by atoms with Crippen molar-refractivity contribution in [3.63, 3.8) is 0 Å². The lowest BCUT2D eigenvalue weighted by molar-refractivity contribution is -0.125. The van der Waals surface area contributed by atoms with E-state index in [1.54, 1.807) is 6.20 Å². The number of nitrogens with two attached hydrogens (primary N) is 1. The molecule has 0 radical (unpaired) electrons. The zero-order valence-corrected chi connectivity index (χ0v) is 9.80. The molecule has 0 aliphatic carbocycles. The second-order valence-electron chi connectivity index (χ2n) is 4.33. The first-order valence-corrected chi connectivity index (χ1v) is 5.89. The molecule has 2 heterocycles. The number of carbonyl (C=O) groups excluding carboxylic acids is 1. The summed E-state index contributed by atoms with van der Waals surface area (Å²) in [6.07, 6.45) is 2.60. The normalized spacial score (nSPS) is 21.2. The van der Waals surface area contributed by atoms with Crippen molar-refractivity contribution in [3.8, 4) is 0 Å². The topological polar surface area (TPSA) is 71.2 Å². The molecule has 1 aliphatic rings. The Labute approximate surface area is 101 Å². The van der Waals surface area contributed by atoms with E-state index in [1.807, 2.05) is 18.2 Å². The van der Waals surface area contributed by atoms with E-state index < -0.39 is 0 Å². The van der Waals surface area contributed by atoms with Crippen LogP contribution < -0.4 is 11.1 Å². The molecule has 2 rings (SSSR count). The molecular formula is C12H18N4O. The molecule has 1 fully saturated rings. The Morgan fingerprint density at radius 3 is 3.12 bits per heavy atom. The SMILES string of the molecule is NCCC1CN(Cc2ccccn2)CC(=O)N1. The average molecular weight is 234 g/mol. The van der Waals surface area contributed by atoms with Gasteiger partial charge < -0.3 is 11.1 Å². The van der Waals surface area contributed by atoms with E-state index in [0.29, 0.717) is 13.1 Å². The first-order valence-electron chi connectivity index (χ1n) is 5.89. The molecule has 5 heteroatoms. The van der Waals surface area contributed by atoms with Crippen LogP contribution in [-0.2, 0) is 11.3 Å². The van der Waals surface area contributed by atoms with Crippen molar-refractivity contribution in [1.82, 2.24) is 15.2 Å². The van der Waals surface area contributed by atoms with Crippen LogP contribution in [0.2, 0.25) is 0 Å². The number of aromatic nitrogens is 1. The van der Waals surface area contributed by atoms with E-state index in [0.717, 1.165) is 25.2 Å². The molecule has 1 aromatic heterocycles. The molecule has 0 spiro atoms. The zero-order chi connectivity index (χ0) is 12.1. The van der Waals surface area contributed by atoms with E-state index in [9.17, 15) is 4.79 Å². The third-order valence-corrected chi connectivity index (χ3v) is 2.84. The van der Waals surface area contributed by atoms with Gasteiger partial charge in [-0.3, -0.25) is 14.7 Å². The van der Waals surface area contributed by atoms with E-state index in [4.69, 9.17) is 5.73 Å². The van der Waals surface area contributed by atoms with Crippen LogP contribution in [0.5, 0.6) is 0 Å². The summed E-state index contributed by atoms with van der Waals surface area (Å²) in [5.74, 6) is 0.0747. The summed E-state index contributed by atoms with van der Waals surface area (Å²) >= 11 is 0. The van der Waals surface area contributed by atoms with Gasteiger partial charge in [-0.05, 0) is 25.1 Å². The number of amides is 1. The Bertz CT molecular complexity index is 368. The molecular weight excluding hydrogens is 216 g/mol. The van der Waals surface area contributed by atoms with Gasteiger partial charge in [0.2, 0.25) is 5.91 Å². The van der Waals surface area contributed by atoms with E-state index in [2.05, 4.69) is 15.2 Å². The second kappa shape index (κ2) is 5.75. The van der Waals surface area contributed by atoms with Crippen molar-refractivity contribution >= 4 is 5.91 Å². The summed E-state index contributed by atoms with van der Waals surface area (Å²) < 4.78 is 0. The van der Waals surface area contributed by atoms with E-state index in [1.165, 1.54) is 0 Å². The standard InChI is InChI=1S/C12H18N4O/c13-5-4-11-8-16(9-12(17)15-11)7-10-3-1-2-6-14-10/h1-3,6,11H,4-5,7-9,13H2,(H,15,17). The van der Waals surface area contributed by atoms with Gasteiger partial charge >= 0.3 is 0 Å². The smallest absolute Gasteiger partial charge is 0.234 e. The first-order chi connectivity index (χ1) is 8.28. The van der Waals surface area contributed by atoms with Gasteiger partial charge in [-0.15, -0.1) is 0 Å². The van der Waals surface area contributed by atoms with Crippen LogP contribution in [0.25, 0.3) is 0 Å². The fourth-order valence-corrected chi connectivity index (χ4v) is 2.10. The largest absolute Gasteiger partial charge is 0.351 e. The highest BCUT2D eigenvalue weighted by molar-refractivity contribution is 5.79. The highest BCUT2D eigenvalue weighted by Crippen LogP contribution is 2.07. The fraction of sp³-hybridized carbons (Fsp3) is 0.500. The third-order valence-electron chi connectivity index (χ3n) is 2.84. The molecule has 1 amide bonds.